The molecule has 0 unspecified atom stereocenters. The van der Waals surface area contributed by atoms with Crippen LogP contribution in [-0.4, -0.2) is 38.8 Å². The van der Waals surface area contributed by atoms with E-state index < -0.39 is 23.4 Å². The number of aromatic amines is 1. The molecule has 40 heavy (non-hydrogen) atoms. The minimum absolute atomic E-state index is 0.00217. The van der Waals surface area contributed by atoms with Crippen molar-refractivity contribution in [3.8, 4) is 17.1 Å². The number of aromatic hydroxyl groups is 1. The number of carboxylic acid groups (broad SMARTS) is 1. The first-order valence-corrected chi connectivity index (χ1v) is 12.8. The molecule has 3 aromatic heterocycles. The van der Waals surface area contributed by atoms with Crippen LogP contribution in [0.15, 0.2) is 82.1 Å². The Morgan fingerprint density at radius 1 is 1.07 bits per heavy atom. The van der Waals surface area contributed by atoms with Gasteiger partial charge in [-0.1, -0.05) is 36.4 Å². The number of nitrogens with zero attached hydrogens (tertiary/aromatic N) is 1. The van der Waals surface area contributed by atoms with Crippen LogP contribution in [-0.2, 0) is 22.5 Å². The third-order valence-electron chi connectivity index (χ3n) is 7.14. The lowest BCUT2D eigenvalue weighted by Crippen LogP contribution is -2.29. The molecule has 0 amide bonds. The predicted molar refractivity (Wildman–Crippen MR) is 149 cm³/mol. The molecule has 0 bridgehead atoms. The largest absolute Gasteiger partial charge is 0.507 e. The number of ether oxygens (including phenoxy) is 1. The van der Waals surface area contributed by atoms with Gasteiger partial charge in [0.2, 0.25) is 0 Å². The smallest absolute Gasteiger partial charge is 0.336 e. The number of benzene rings is 2. The highest BCUT2D eigenvalue weighted by Crippen LogP contribution is 2.36. The van der Waals surface area contributed by atoms with E-state index in [9.17, 15) is 24.6 Å². The monoisotopic (exact) mass is 540 g/mol. The molecule has 0 aliphatic heterocycles. The summed E-state index contributed by atoms with van der Waals surface area (Å²) in [5.41, 5.74) is 2.57. The second-order valence-electron chi connectivity index (χ2n) is 9.54. The van der Waals surface area contributed by atoms with Crippen molar-refractivity contribution >= 4 is 22.8 Å². The maximum absolute atomic E-state index is 13.9. The van der Waals surface area contributed by atoms with Crippen molar-refractivity contribution in [1.29, 1.82) is 0 Å². The van der Waals surface area contributed by atoms with E-state index in [4.69, 9.17) is 9.15 Å². The third-order valence-corrected chi connectivity index (χ3v) is 7.14. The number of rotatable bonds is 9. The number of nitrogens with one attached hydrogen (secondary N) is 1. The highest BCUT2D eigenvalue weighted by molar-refractivity contribution is 5.95. The van der Waals surface area contributed by atoms with Gasteiger partial charge < -0.3 is 28.9 Å². The lowest BCUT2D eigenvalue weighted by molar-refractivity contribution is -0.140. The minimum Gasteiger partial charge on any atom is -0.507 e. The number of carboxylic acids is 1. The van der Waals surface area contributed by atoms with Gasteiger partial charge >= 0.3 is 11.9 Å². The van der Waals surface area contributed by atoms with E-state index in [-0.39, 0.29) is 34.8 Å². The van der Waals surface area contributed by atoms with E-state index in [0.29, 0.717) is 24.2 Å². The molecule has 0 radical (unpaired) electrons. The third kappa shape index (κ3) is 5.01. The molecule has 0 aliphatic rings. The van der Waals surface area contributed by atoms with Gasteiger partial charge in [-0.15, -0.1) is 0 Å². The first-order chi connectivity index (χ1) is 19.3. The van der Waals surface area contributed by atoms with Crippen molar-refractivity contribution in [2.24, 2.45) is 0 Å². The van der Waals surface area contributed by atoms with Crippen molar-refractivity contribution in [3.63, 3.8) is 0 Å². The molecule has 5 rings (SSSR count). The van der Waals surface area contributed by atoms with Crippen molar-refractivity contribution in [2.75, 3.05) is 7.11 Å². The number of hydrogen-bond donors (Lipinski definition) is 3. The van der Waals surface area contributed by atoms with Crippen LogP contribution in [0.25, 0.3) is 22.2 Å². The Balaban J connectivity index is 1.55. The summed E-state index contributed by atoms with van der Waals surface area (Å²) in [6.07, 6.45) is 2.22. The maximum Gasteiger partial charge on any atom is 0.336 e. The van der Waals surface area contributed by atoms with Crippen LogP contribution >= 0.6 is 0 Å². The molecule has 5 aromatic rings. The van der Waals surface area contributed by atoms with Gasteiger partial charge in [0.15, 0.2) is 0 Å². The number of para-hydroxylation sites is 1. The number of aromatic carboxylic acids is 1. The first-order valence-electron chi connectivity index (χ1n) is 12.8. The summed E-state index contributed by atoms with van der Waals surface area (Å²) in [7, 11) is 1.24. The van der Waals surface area contributed by atoms with Gasteiger partial charge in [-0.05, 0) is 49.2 Å². The maximum atomic E-state index is 13.9. The number of H-pyrrole nitrogens is 1. The average molecular weight is 541 g/mol. The minimum atomic E-state index is -1.12. The van der Waals surface area contributed by atoms with Crippen LogP contribution in [0.3, 0.4) is 0 Å². The van der Waals surface area contributed by atoms with Gasteiger partial charge in [0, 0.05) is 34.9 Å². The van der Waals surface area contributed by atoms with Crippen LogP contribution in [0.1, 0.15) is 45.3 Å². The number of pyridine rings is 1. The van der Waals surface area contributed by atoms with E-state index in [1.807, 2.05) is 30.5 Å². The van der Waals surface area contributed by atoms with Gasteiger partial charge in [-0.2, -0.15) is 0 Å². The van der Waals surface area contributed by atoms with Crippen LogP contribution in [0.5, 0.6) is 5.75 Å². The van der Waals surface area contributed by atoms with Crippen LogP contribution in [0, 0.1) is 6.92 Å². The molecule has 0 aliphatic carbocycles. The summed E-state index contributed by atoms with van der Waals surface area (Å²) in [5.74, 6) is -2.46. The molecular weight excluding hydrogens is 512 g/mol. The predicted octanol–water partition coefficient (Wildman–Crippen LogP) is 5.24. The number of esters is 1. The Bertz CT molecular complexity index is 1780. The molecule has 9 nitrogen and oxygen atoms in total. The molecule has 2 aromatic carbocycles. The Kier molecular flexibility index (Phi) is 7.29. The second kappa shape index (κ2) is 11.0. The fourth-order valence-electron chi connectivity index (χ4n) is 5.11. The summed E-state index contributed by atoms with van der Waals surface area (Å²) >= 11 is 0. The van der Waals surface area contributed by atoms with Gasteiger partial charge in [0.05, 0.1) is 30.6 Å². The summed E-state index contributed by atoms with van der Waals surface area (Å²) in [4.78, 5) is 41.3. The van der Waals surface area contributed by atoms with E-state index in [1.165, 1.54) is 19.2 Å². The molecule has 3 N–H and O–H groups in total. The van der Waals surface area contributed by atoms with Crippen molar-refractivity contribution in [2.45, 2.75) is 32.2 Å². The Labute approximate surface area is 229 Å². The number of methoxy groups -OCH3 is 1. The topological polar surface area (TPSA) is 135 Å². The summed E-state index contributed by atoms with van der Waals surface area (Å²) < 4.78 is 12.5. The molecular formula is C31H28N2O7. The van der Waals surface area contributed by atoms with Crippen molar-refractivity contribution < 1.29 is 29.0 Å². The van der Waals surface area contributed by atoms with Crippen molar-refractivity contribution in [3.05, 3.63) is 111 Å². The molecule has 9 heteroatoms. The van der Waals surface area contributed by atoms with Crippen LogP contribution < -0.4 is 5.56 Å². The summed E-state index contributed by atoms with van der Waals surface area (Å²) in [5, 5.41) is 21.6. The van der Waals surface area contributed by atoms with Gasteiger partial charge in [0.25, 0.3) is 5.56 Å². The average Bonchev–Trinajstić information content (AvgIpc) is 3.60. The SMILES string of the molecule is COC(=O)C[C@@H](c1ccc(-c2ccccc2C(=O)O)o1)c1c(O)cc(C)n(CCc2c[nH]c3ccccc23)c1=O. The van der Waals surface area contributed by atoms with Crippen LogP contribution in [0.2, 0.25) is 0 Å². The lowest BCUT2D eigenvalue weighted by Gasteiger charge is -2.19. The number of furan rings is 1. The highest BCUT2D eigenvalue weighted by atomic mass is 16.5. The first kappa shape index (κ1) is 26.6. The van der Waals surface area contributed by atoms with Crippen molar-refractivity contribution in [1.82, 2.24) is 9.55 Å². The lowest BCUT2D eigenvalue weighted by atomic mass is 9.93. The van der Waals surface area contributed by atoms with E-state index >= 15 is 0 Å². The summed E-state index contributed by atoms with van der Waals surface area (Å²) in [6, 6.07) is 18.9. The number of aryl methyl sites for hydroxylation is 2. The Morgan fingerprint density at radius 2 is 1.82 bits per heavy atom. The van der Waals surface area contributed by atoms with Gasteiger partial charge in [-0.25, -0.2) is 4.79 Å². The zero-order valence-corrected chi connectivity index (χ0v) is 22.0. The van der Waals surface area contributed by atoms with E-state index in [2.05, 4.69) is 4.98 Å². The van der Waals surface area contributed by atoms with Crippen LogP contribution in [0.4, 0.5) is 0 Å². The zero-order valence-electron chi connectivity index (χ0n) is 22.0. The normalized spacial score (nSPS) is 11.9. The number of fused-ring (bicyclic) bond motifs is 1. The molecule has 0 saturated carbocycles. The zero-order chi connectivity index (χ0) is 28.4. The highest BCUT2D eigenvalue weighted by Gasteiger charge is 2.29. The molecule has 0 fully saturated rings. The number of aromatic nitrogens is 2. The van der Waals surface area contributed by atoms with Gasteiger partial charge in [0.1, 0.15) is 17.3 Å². The fraction of sp³-hybridized carbons (Fsp3) is 0.194. The molecule has 204 valence electrons. The number of carbonyl (C=O) groups excluding carboxylic acids is 1. The van der Waals surface area contributed by atoms with E-state index in [1.54, 1.807) is 41.8 Å². The second-order valence-corrected chi connectivity index (χ2v) is 9.54. The molecule has 0 saturated heterocycles. The Morgan fingerprint density at radius 3 is 2.60 bits per heavy atom. The van der Waals surface area contributed by atoms with E-state index in [0.717, 1.165) is 16.5 Å². The number of carbonyl (C=O) groups is 2. The standard InChI is InChI=1S/C31H28N2O7/c1-18-15-25(34)29(30(36)33(18)14-13-19-17-32-24-10-6-5-7-20(19)24)23(16-28(35)39-2)27-12-11-26(40-27)21-8-3-4-9-22(21)31(37)38/h3-12,15,17,23,32,34H,13-14,16H2,1-2H3,(H,37,38)/t23-/m0/s1. The Hall–Kier alpha value is -5.05. The fourth-order valence-corrected chi connectivity index (χ4v) is 5.11. The molecule has 3 heterocycles. The molecule has 0 spiro atoms. The molecule has 1 atom stereocenters. The quantitative estimate of drug-likeness (QED) is 0.218. The van der Waals surface area contributed by atoms with Gasteiger partial charge in [-0.3, -0.25) is 9.59 Å². The number of hydrogen-bond acceptors (Lipinski definition) is 6. The summed E-state index contributed by atoms with van der Waals surface area (Å²) in [6.45, 7) is 2.09.